The highest BCUT2D eigenvalue weighted by Gasteiger charge is 2.06. The zero-order valence-electron chi connectivity index (χ0n) is 12.1. The number of ether oxygens (including phenoxy) is 2. The van der Waals surface area contributed by atoms with Crippen LogP contribution in [-0.2, 0) is 9.53 Å². The van der Waals surface area contributed by atoms with Gasteiger partial charge in [-0.15, -0.1) is 0 Å². The van der Waals surface area contributed by atoms with Crippen LogP contribution in [0.5, 0.6) is 5.75 Å². The van der Waals surface area contributed by atoms with E-state index in [0.29, 0.717) is 18.1 Å². The van der Waals surface area contributed by atoms with Crippen LogP contribution in [0.3, 0.4) is 0 Å². The Kier molecular flexibility index (Phi) is 8.07. The summed E-state index contributed by atoms with van der Waals surface area (Å²) in [6.07, 6.45) is 1.35. The van der Waals surface area contributed by atoms with Crippen LogP contribution in [0, 0.1) is 0 Å². The van der Waals surface area contributed by atoms with Crippen LogP contribution >= 0.6 is 11.6 Å². The Labute approximate surface area is 125 Å². The van der Waals surface area contributed by atoms with Crippen molar-refractivity contribution in [1.82, 2.24) is 4.90 Å². The van der Waals surface area contributed by atoms with Gasteiger partial charge in [-0.1, -0.05) is 18.5 Å². The van der Waals surface area contributed by atoms with Gasteiger partial charge in [0, 0.05) is 18.1 Å². The van der Waals surface area contributed by atoms with Crippen LogP contribution in [0.4, 0.5) is 0 Å². The first-order valence-corrected chi connectivity index (χ1v) is 7.21. The predicted molar refractivity (Wildman–Crippen MR) is 80.3 cm³/mol. The highest BCUT2D eigenvalue weighted by Crippen LogP contribution is 2.15. The molecule has 4 nitrogen and oxygen atoms in total. The second-order valence-electron chi connectivity index (χ2n) is 4.42. The standard InChI is InChI=1S/C15H22ClNO3/c1-3-17(11-9-15(18)19-2)10-4-12-20-14-7-5-13(16)6-8-14/h5-8H,3-4,9-12H2,1-2H3. The molecule has 1 aromatic rings. The highest BCUT2D eigenvalue weighted by atomic mass is 35.5. The Hall–Kier alpha value is -1.26. The van der Waals surface area contributed by atoms with E-state index < -0.39 is 0 Å². The molecule has 1 aromatic carbocycles. The number of hydrogen-bond acceptors (Lipinski definition) is 4. The first kappa shape index (κ1) is 16.8. The molecule has 0 radical (unpaired) electrons. The van der Waals surface area contributed by atoms with Gasteiger partial charge in [-0.05, 0) is 37.2 Å². The van der Waals surface area contributed by atoms with Crippen LogP contribution in [0.1, 0.15) is 19.8 Å². The van der Waals surface area contributed by atoms with Gasteiger partial charge in [-0.25, -0.2) is 0 Å². The number of benzene rings is 1. The third kappa shape index (κ3) is 6.78. The van der Waals surface area contributed by atoms with E-state index in [1.165, 1.54) is 7.11 Å². The molecule has 0 aromatic heterocycles. The Morgan fingerprint density at radius 3 is 2.55 bits per heavy atom. The molecule has 0 spiro atoms. The van der Waals surface area contributed by atoms with Crippen molar-refractivity contribution in [2.45, 2.75) is 19.8 Å². The van der Waals surface area contributed by atoms with Crippen molar-refractivity contribution >= 4 is 17.6 Å². The molecule has 0 bridgehead atoms. The summed E-state index contributed by atoms with van der Waals surface area (Å²) in [5.41, 5.74) is 0. The van der Waals surface area contributed by atoms with Gasteiger partial charge in [0.25, 0.3) is 0 Å². The fourth-order valence-electron chi connectivity index (χ4n) is 1.79. The SMILES string of the molecule is CCN(CCCOc1ccc(Cl)cc1)CCC(=O)OC. The zero-order chi connectivity index (χ0) is 14.8. The Bertz CT molecular complexity index is 395. The van der Waals surface area contributed by atoms with Gasteiger partial charge in [-0.2, -0.15) is 0 Å². The summed E-state index contributed by atoms with van der Waals surface area (Å²) in [7, 11) is 1.42. The van der Waals surface area contributed by atoms with E-state index in [4.69, 9.17) is 16.3 Å². The zero-order valence-corrected chi connectivity index (χ0v) is 12.9. The van der Waals surface area contributed by atoms with E-state index in [1.807, 2.05) is 24.3 Å². The molecule has 0 saturated heterocycles. The monoisotopic (exact) mass is 299 g/mol. The second kappa shape index (κ2) is 9.61. The van der Waals surface area contributed by atoms with Gasteiger partial charge in [0.1, 0.15) is 5.75 Å². The molecule has 112 valence electrons. The fraction of sp³-hybridized carbons (Fsp3) is 0.533. The maximum Gasteiger partial charge on any atom is 0.306 e. The maximum atomic E-state index is 11.1. The van der Waals surface area contributed by atoms with Crippen molar-refractivity contribution in [2.24, 2.45) is 0 Å². The molecule has 0 aliphatic heterocycles. The molecule has 0 amide bonds. The number of halogens is 1. The Balaban J connectivity index is 2.17. The second-order valence-corrected chi connectivity index (χ2v) is 4.85. The minimum atomic E-state index is -0.166. The number of rotatable bonds is 9. The number of carbonyl (C=O) groups is 1. The summed E-state index contributed by atoms with van der Waals surface area (Å²) in [4.78, 5) is 13.3. The number of esters is 1. The number of hydrogen-bond donors (Lipinski definition) is 0. The molecule has 5 heteroatoms. The van der Waals surface area contributed by atoms with E-state index in [1.54, 1.807) is 0 Å². The third-order valence-corrected chi connectivity index (χ3v) is 3.26. The van der Waals surface area contributed by atoms with Crippen LogP contribution < -0.4 is 4.74 Å². The van der Waals surface area contributed by atoms with Gasteiger partial charge >= 0.3 is 5.97 Å². The van der Waals surface area contributed by atoms with E-state index in [2.05, 4.69) is 16.6 Å². The molecule has 0 atom stereocenters. The quantitative estimate of drug-likeness (QED) is 0.519. The molecular weight excluding hydrogens is 278 g/mol. The van der Waals surface area contributed by atoms with E-state index in [-0.39, 0.29) is 5.97 Å². The fourth-order valence-corrected chi connectivity index (χ4v) is 1.91. The average Bonchev–Trinajstić information content (AvgIpc) is 2.48. The van der Waals surface area contributed by atoms with Crippen LogP contribution in [-0.4, -0.2) is 44.2 Å². The van der Waals surface area contributed by atoms with Gasteiger partial charge in [-0.3, -0.25) is 4.79 Å². The van der Waals surface area contributed by atoms with E-state index in [0.717, 1.165) is 31.8 Å². The lowest BCUT2D eigenvalue weighted by Gasteiger charge is -2.19. The molecule has 0 aliphatic carbocycles. The lowest BCUT2D eigenvalue weighted by molar-refractivity contribution is -0.140. The van der Waals surface area contributed by atoms with Crippen molar-refractivity contribution in [1.29, 1.82) is 0 Å². The van der Waals surface area contributed by atoms with Crippen LogP contribution in [0.15, 0.2) is 24.3 Å². The molecule has 0 saturated carbocycles. The van der Waals surface area contributed by atoms with Gasteiger partial charge in [0.15, 0.2) is 0 Å². The molecule has 0 N–H and O–H groups in total. The topological polar surface area (TPSA) is 38.8 Å². The highest BCUT2D eigenvalue weighted by molar-refractivity contribution is 6.30. The molecule has 0 heterocycles. The molecule has 20 heavy (non-hydrogen) atoms. The minimum Gasteiger partial charge on any atom is -0.494 e. The lowest BCUT2D eigenvalue weighted by atomic mass is 10.3. The lowest BCUT2D eigenvalue weighted by Crippen LogP contribution is -2.28. The first-order chi connectivity index (χ1) is 9.65. The molecule has 0 unspecified atom stereocenters. The van der Waals surface area contributed by atoms with Gasteiger partial charge in [0.05, 0.1) is 20.1 Å². The van der Waals surface area contributed by atoms with Crippen LogP contribution in [0.25, 0.3) is 0 Å². The van der Waals surface area contributed by atoms with Gasteiger partial charge < -0.3 is 14.4 Å². The van der Waals surface area contributed by atoms with E-state index >= 15 is 0 Å². The number of nitrogens with zero attached hydrogens (tertiary/aromatic N) is 1. The summed E-state index contributed by atoms with van der Waals surface area (Å²) in [6, 6.07) is 7.34. The first-order valence-electron chi connectivity index (χ1n) is 6.83. The molecule has 1 rings (SSSR count). The van der Waals surface area contributed by atoms with Crippen molar-refractivity contribution < 1.29 is 14.3 Å². The molecule has 0 aliphatic rings. The summed E-state index contributed by atoms with van der Waals surface area (Å²) >= 11 is 5.81. The summed E-state index contributed by atoms with van der Waals surface area (Å²) < 4.78 is 10.3. The third-order valence-electron chi connectivity index (χ3n) is 3.01. The van der Waals surface area contributed by atoms with Crippen molar-refractivity contribution in [2.75, 3.05) is 33.4 Å². The normalized spacial score (nSPS) is 10.6. The van der Waals surface area contributed by atoms with Crippen molar-refractivity contribution in [3.05, 3.63) is 29.3 Å². The van der Waals surface area contributed by atoms with E-state index in [9.17, 15) is 4.79 Å². The smallest absolute Gasteiger partial charge is 0.306 e. The maximum absolute atomic E-state index is 11.1. The van der Waals surface area contributed by atoms with Crippen molar-refractivity contribution in [3.63, 3.8) is 0 Å². The molecule has 0 fully saturated rings. The largest absolute Gasteiger partial charge is 0.494 e. The predicted octanol–water partition coefficient (Wildman–Crippen LogP) is 2.99. The van der Waals surface area contributed by atoms with Gasteiger partial charge in [0.2, 0.25) is 0 Å². The number of carbonyl (C=O) groups excluding carboxylic acids is 1. The minimum absolute atomic E-state index is 0.166. The summed E-state index contributed by atoms with van der Waals surface area (Å²) in [5, 5.41) is 0.706. The summed E-state index contributed by atoms with van der Waals surface area (Å²) in [5.74, 6) is 0.660. The summed E-state index contributed by atoms with van der Waals surface area (Å²) in [6.45, 7) is 5.27. The van der Waals surface area contributed by atoms with Crippen molar-refractivity contribution in [3.8, 4) is 5.75 Å². The van der Waals surface area contributed by atoms with Crippen LogP contribution in [0.2, 0.25) is 5.02 Å². The molecular formula is C15H22ClNO3. The number of methoxy groups -OCH3 is 1. The Morgan fingerprint density at radius 1 is 1.25 bits per heavy atom. The average molecular weight is 300 g/mol. The Morgan fingerprint density at radius 2 is 1.95 bits per heavy atom.